The molecule has 0 aromatic carbocycles. The molecule has 0 bridgehead atoms. The van der Waals surface area contributed by atoms with Crippen molar-refractivity contribution in [2.45, 2.75) is 12.5 Å². The van der Waals surface area contributed by atoms with Gasteiger partial charge in [0.25, 0.3) is 0 Å². The molecule has 0 radical (unpaired) electrons. The molecule has 0 aliphatic carbocycles. The second kappa shape index (κ2) is 7.03. The van der Waals surface area contributed by atoms with Crippen LogP contribution >= 0.6 is 23.4 Å². The molecule has 0 fully saturated rings. The molecule has 0 unspecified atom stereocenters. The number of carbonyl (C=O) groups excluding carboxylic acids is 1. The van der Waals surface area contributed by atoms with Crippen molar-refractivity contribution >= 4 is 35.2 Å². The Labute approximate surface area is 86.0 Å². The molecule has 6 heteroatoms. The average Bonchev–Trinajstić information content (AvgIpc) is 2.10. The first kappa shape index (κ1) is 12.6. The van der Waals surface area contributed by atoms with Gasteiger partial charge < -0.3 is 10.4 Å². The molecule has 0 spiro atoms. The molecule has 1 amide bonds. The molecule has 0 rings (SSSR count). The van der Waals surface area contributed by atoms with Crippen LogP contribution in [0, 0.1) is 0 Å². The number of halogens is 1. The third kappa shape index (κ3) is 5.76. The lowest BCUT2D eigenvalue weighted by Crippen LogP contribution is -2.41. The molecule has 76 valence electrons. The summed E-state index contributed by atoms with van der Waals surface area (Å²) in [7, 11) is 0. The van der Waals surface area contributed by atoms with E-state index in [2.05, 4.69) is 5.32 Å². The van der Waals surface area contributed by atoms with Crippen LogP contribution in [-0.2, 0) is 4.79 Å². The first-order chi connectivity index (χ1) is 6.11. The Morgan fingerprint density at radius 2 is 2.23 bits per heavy atom. The quantitative estimate of drug-likeness (QED) is 0.667. The van der Waals surface area contributed by atoms with Gasteiger partial charge in [-0.05, 0) is 18.4 Å². The minimum atomic E-state index is -1.19. The highest BCUT2D eigenvalue weighted by atomic mass is 35.5. The topological polar surface area (TPSA) is 66.4 Å². The van der Waals surface area contributed by atoms with E-state index in [0.29, 0.717) is 6.42 Å². The van der Waals surface area contributed by atoms with Crippen LogP contribution in [0.25, 0.3) is 0 Å². The second-order valence-corrected chi connectivity index (χ2v) is 3.64. The molecular weight excluding hydrogens is 214 g/mol. The molecule has 13 heavy (non-hydrogen) atoms. The van der Waals surface area contributed by atoms with Crippen LogP contribution in [0.1, 0.15) is 6.42 Å². The summed E-state index contributed by atoms with van der Waals surface area (Å²) in [6, 6.07) is -0.664. The SMILES string of the molecule is CSCC[C@H](NC(=O)O)C(=O)CCl. The summed E-state index contributed by atoms with van der Waals surface area (Å²) in [6.45, 7) is 0. The van der Waals surface area contributed by atoms with Crippen molar-refractivity contribution in [1.29, 1.82) is 0 Å². The smallest absolute Gasteiger partial charge is 0.405 e. The van der Waals surface area contributed by atoms with Gasteiger partial charge in [-0.3, -0.25) is 4.79 Å². The van der Waals surface area contributed by atoms with E-state index >= 15 is 0 Å². The molecule has 0 heterocycles. The van der Waals surface area contributed by atoms with Gasteiger partial charge >= 0.3 is 6.09 Å². The molecular formula is C7H12ClNO3S. The number of Topliss-reactive ketones (excluding diaryl/α,β-unsaturated/α-hetero) is 1. The minimum Gasteiger partial charge on any atom is -0.465 e. The lowest BCUT2D eigenvalue weighted by Gasteiger charge is -2.13. The van der Waals surface area contributed by atoms with Crippen LogP contribution < -0.4 is 5.32 Å². The van der Waals surface area contributed by atoms with E-state index in [0.717, 1.165) is 5.75 Å². The van der Waals surface area contributed by atoms with Gasteiger partial charge in [-0.25, -0.2) is 4.79 Å². The highest BCUT2D eigenvalue weighted by Gasteiger charge is 2.18. The fourth-order valence-electron chi connectivity index (χ4n) is 0.792. The fourth-order valence-corrected chi connectivity index (χ4v) is 1.45. The van der Waals surface area contributed by atoms with E-state index in [1.807, 2.05) is 6.26 Å². The van der Waals surface area contributed by atoms with Crippen molar-refractivity contribution < 1.29 is 14.7 Å². The van der Waals surface area contributed by atoms with Crippen LogP contribution in [0.4, 0.5) is 4.79 Å². The summed E-state index contributed by atoms with van der Waals surface area (Å²) in [5.41, 5.74) is 0. The van der Waals surface area contributed by atoms with Gasteiger partial charge in [0, 0.05) is 0 Å². The van der Waals surface area contributed by atoms with Gasteiger partial charge in [-0.15, -0.1) is 11.6 Å². The highest BCUT2D eigenvalue weighted by Crippen LogP contribution is 2.02. The Bertz CT molecular complexity index is 189. The first-order valence-electron chi connectivity index (χ1n) is 3.69. The average molecular weight is 226 g/mol. The number of carboxylic acid groups (broad SMARTS) is 1. The summed E-state index contributed by atoms with van der Waals surface area (Å²) in [6.07, 6.45) is 1.19. The number of hydrogen-bond acceptors (Lipinski definition) is 3. The fraction of sp³-hybridized carbons (Fsp3) is 0.714. The summed E-state index contributed by atoms with van der Waals surface area (Å²) in [5, 5.41) is 10.5. The van der Waals surface area contributed by atoms with Gasteiger partial charge in [-0.1, -0.05) is 0 Å². The number of amides is 1. The number of carbonyl (C=O) groups is 2. The molecule has 0 aliphatic rings. The standard InChI is InChI=1S/C7H12ClNO3S/c1-13-3-2-5(6(10)4-8)9-7(11)12/h5,9H,2-4H2,1H3,(H,11,12)/t5-/m0/s1. The van der Waals surface area contributed by atoms with Crippen LogP contribution in [0.15, 0.2) is 0 Å². The molecule has 2 N–H and O–H groups in total. The molecule has 0 saturated carbocycles. The van der Waals surface area contributed by atoms with Crippen LogP contribution in [0.3, 0.4) is 0 Å². The van der Waals surface area contributed by atoms with Crippen molar-refractivity contribution in [2.75, 3.05) is 17.9 Å². The molecule has 0 aromatic heterocycles. The van der Waals surface area contributed by atoms with Gasteiger partial charge in [0.2, 0.25) is 0 Å². The molecule has 4 nitrogen and oxygen atoms in total. The van der Waals surface area contributed by atoms with E-state index in [4.69, 9.17) is 16.7 Å². The van der Waals surface area contributed by atoms with Gasteiger partial charge in [0.05, 0.1) is 11.9 Å². The number of alkyl halides is 1. The maximum Gasteiger partial charge on any atom is 0.405 e. The lowest BCUT2D eigenvalue weighted by molar-refractivity contribution is -0.118. The Balaban J connectivity index is 4.02. The number of rotatable bonds is 6. The summed E-state index contributed by atoms with van der Waals surface area (Å²) in [5.74, 6) is 0.297. The largest absolute Gasteiger partial charge is 0.465 e. The zero-order valence-electron chi connectivity index (χ0n) is 7.25. The van der Waals surface area contributed by atoms with Crippen LogP contribution in [0.2, 0.25) is 0 Å². The molecule has 0 aliphatic heterocycles. The van der Waals surface area contributed by atoms with E-state index in [1.54, 1.807) is 11.8 Å². The highest BCUT2D eigenvalue weighted by molar-refractivity contribution is 7.98. The van der Waals surface area contributed by atoms with Gasteiger partial charge in [-0.2, -0.15) is 11.8 Å². The summed E-state index contributed by atoms with van der Waals surface area (Å²) in [4.78, 5) is 21.4. The number of hydrogen-bond donors (Lipinski definition) is 2. The summed E-state index contributed by atoms with van der Waals surface area (Å²) < 4.78 is 0. The normalized spacial score (nSPS) is 12.2. The third-order valence-corrected chi connectivity index (χ3v) is 2.34. The van der Waals surface area contributed by atoms with E-state index < -0.39 is 12.1 Å². The van der Waals surface area contributed by atoms with Crippen molar-refractivity contribution in [3.05, 3.63) is 0 Å². The molecule has 0 saturated heterocycles. The predicted molar refractivity (Wildman–Crippen MR) is 53.7 cm³/mol. The van der Waals surface area contributed by atoms with Crippen LogP contribution in [0.5, 0.6) is 0 Å². The second-order valence-electron chi connectivity index (χ2n) is 2.38. The monoisotopic (exact) mass is 225 g/mol. The Morgan fingerprint density at radius 3 is 2.62 bits per heavy atom. The van der Waals surface area contributed by atoms with E-state index in [9.17, 15) is 9.59 Å². The summed E-state index contributed by atoms with van der Waals surface area (Å²) >= 11 is 6.88. The van der Waals surface area contributed by atoms with Crippen LogP contribution in [-0.4, -0.2) is 40.9 Å². The maximum absolute atomic E-state index is 11.1. The van der Waals surface area contributed by atoms with E-state index in [-0.39, 0.29) is 11.7 Å². The van der Waals surface area contributed by atoms with Crippen molar-refractivity contribution in [1.82, 2.24) is 5.32 Å². The zero-order valence-corrected chi connectivity index (χ0v) is 8.82. The number of nitrogens with one attached hydrogen (secondary N) is 1. The third-order valence-electron chi connectivity index (χ3n) is 1.43. The first-order valence-corrected chi connectivity index (χ1v) is 5.61. The Kier molecular flexibility index (Phi) is 6.80. The maximum atomic E-state index is 11.1. The lowest BCUT2D eigenvalue weighted by atomic mass is 10.1. The van der Waals surface area contributed by atoms with Gasteiger partial charge in [0.15, 0.2) is 5.78 Å². The number of thioether (sulfide) groups is 1. The van der Waals surface area contributed by atoms with Crippen molar-refractivity contribution in [2.24, 2.45) is 0 Å². The van der Waals surface area contributed by atoms with E-state index in [1.165, 1.54) is 0 Å². The zero-order chi connectivity index (χ0) is 10.3. The molecule has 0 aromatic rings. The van der Waals surface area contributed by atoms with Crippen molar-refractivity contribution in [3.8, 4) is 0 Å². The molecule has 1 atom stereocenters. The Hall–Kier alpha value is -0.420. The Morgan fingerprint density at radius 1 is 1.62 bits per heavy atom. The predicted octanol–water partition coefficient (Wildman–Crippen LogP) is 1.18. The van der Waals surface area contributed by atoms with Crippen molar-refractivity contribution in [3.63, 3.8) is 0 Å². The number of ketones is 1. The minimum absolute atomic E-state index is 0.153. The van der Waals surface area contributed by atoms with Gasteiger partial charge in [0.1, 0.15) is 0 Å².